The van der Waals surface area contributed by atoms with E-state index in [-0.39, 0.29) is 0 Å². The van der Waals surface area contributed by atoms with Gasteiger partial charge in [0.25, 0.3) is 0 Å². The molecule has 0 radical (unpaired) electrons. The number of aromatic amines is 1. The number of nitrogens with one attached hydrogen (secondary N) is 1. The van der Waals surface area contributed by atoms with Crippen LogP contribution in [0.3, 0.4) is 0 Å². The quantitative estimate of drug-likeness (QED) is 0.377. The molecule has 0 aliphatic rings. The van der Waals surface area contributed by atoms with Crippen molar-refractivity contribution in [3.8, 4) is 22.5 Å². The van der Waals surface area contributed by atoms with Crippen LogP contribution in [0.25, 0.3) is 33.7 Å². The van der Waals surface area contributed by atoms with Crippen LogP contribution in [-0.2, 0) is 13.0 Å². The number of fused-ring (bicyclic) bond motifs is 1. The standard InChI is InChI=1S/C24H23N7S/c1-4-21-26-22-20(32-3)13-15(2)25-24(22)31(21)14-16-9-11-17(12-10-16)18-7-5-6-8-19(18)23-27-29-30-28-23/h5-13H,4,14H2,1-3H3,(H,27,28,29,30). The number of imidazole rings is 1. The molecular formula is C24H23N7S. The zero-order chi connectivity index (χ0) is 22.1. The lowest BCUT2D eigenvalue weighted by atomic mass is 9.98. The first kappa shape index (κ1) is 20.4. The van der Waals surface area contributed by atoms with Crippen molar-refractivity contribution >= 4 is 22.9 Å². The maximum absolute atomic E-state index is 4.90. The minimum atomic E-state index is 0.591. The second kappa shape index (κ2) is 8.55. The predicted molar refractivity (Wildman–Crippen MR) is 128 cm³/mol. The first-order chi connectivity index (χ1) is 15.7. The molecule has 0 spiro atoms. The predicted octanol–water partition coefficient (Wildman–Crippen LogP) is 4.92. The number of benzene rings is 2. The van der Waals surface area contributed by atoms with Gasteiger partial charge in [0.1, 0.15) is 11.3 Å². The minimum Gasteiger partial charge on any atom is -0.308 e. The number of nitrogens with zero attached hydrogens (tertiary/aromatic N) is 6. The summed E-state index contributed by atoms with van der Waals surface area (Å²) in [6.45, 7) is 4.91. The van der Waals surface area contributed by atoms with Gasteiger partial charge in [0.2, 0.25) is 5.82 Å². The van der Waals surface area contributed by atoms with Crippen LogP contribution in [-0.4, -0.2) is 41.4 Å². The molecule has 7 nitrogen and oxygen atoms in total. The molecule has 0 saturated carbocycles. The maximum Gasteiger partial charge on any atom is 0.205 e. The zero-order valence-electron chi connectivity index (χ0n) is 18.2. The van der Waals surface area contributed by atoms with E-state index >= 15 is 0 Å². The molecule has 3 heterocycles. The van der Waals surface area contributed by atoms with E-state index in [4.69, 9.17) is 9.97 Å². The van der Waals surface area contributed by atoms with Gasteiger partial charge in [-0.3, -0.25) is 0 Å². The summed E-state index contributed by atoms with van der Waals surface area (Å²) in [7, 11) is 0. The van der Waals surface area contributed by atoms with E-state index in [9.17, 15) is 0 Å². The Bertz CT molecular complexity index is 1370. The Morgan fingerprint density at radius 3 is 2.47 bits per heavy atom. The molecule has 3 aromatic heterocycles. The monoisotopic (exact) mass is 441 g/mol. The topological polar surface area (TPSA) is 85.2 Å². The van der Waals surface area contributed by atoms with Crippen LogP contribution in [0.5, 0.6) is 0 Å². The van der Waals surface area contributed by atoms with Crippen LogP contribution < -0.4 is 0 Å². The zero-order valence-corrected chi connectivity index (χ0v) is 19.0. The summed E-state index contributed by atoms with van der Waals surface area (Å²) < 4.78 is 2.24. The fourth-order valence-corrected chi connectivity index (χ4v) is 4.61. The summed E-state index contributed by atoms with van der Waals surface area (Å²) in [6, 6.07) is 18.8. The number of tetrazole rings is 1. The number of rotatable bonds is 6. The average molecular weight is 442 g/mol. The third-order valence-corrected chi connectivity index (χ3v) is 6.28. The minimum absolute atomic E-state index is 0.591. The third kappa shape index (κ3) is 3.67. The molecule has 0 aliphatic heterocycles. The van der Waals surface area contributed by atoms with Crippen molar-refractivity contribution in [2.75, 3.05) is 6.26 Å². The van der Waals surface area contributed by atoms with Crippen molar-refractivity contribution in [2.45, 2.75) is 31.7 Å². The molecular weight excluding hydrogens is 418 g/mol. The van der Waals surface area contributed by atoms with Gasteiger partial charge in [-0.2, -0.15) is 5.21 Å². The number of aryl methyl sites for hydroxylation is 2. The Balaban J connectivity index is 1.51. The van der Waals surface area contributed by atoms with Crippen molar-refractivity contribution in [3.05, 3.63) is 71.7 Å². The van der Waals surface area contributed by atoms with Crippen LogP contribution in [0.4, 0.5) is 0 Å². The summed E-state index contributed by atoms with van der Waals surface area (Å²) in [5.41, 5.74) is 7.30. The molecule has 1 N–H and O–H groups in total. The van der Waals surface area contributed by atoms with Gasteiger partial charge in [0.05, 0.1) is 6.54 Å². The van der Waals surface area contributed by atoms with Crippen LogP contribution in [0, 0.1) is 6.92 Å². The maximum atomic E-state index is 4.90. The fourth-order valence-electron chi connectivity index (χ4n) is 4.00. The Morgan fingerprint density at radius 2 is 1.78 bits per heavy atom. The number of pyridine rings is 1. The average Bonchev–Trinajstić information content (AvgIpc) is 3.48. The molecule has 2 aromatic carbocycles. The number of aromatic nitrogens is 7. The van der Waals surface area contributed by atoms with E-state index in [0.717, 1.165) is 52.3 Å². The highest BCUT2D eigenvalue weighted by Gasteiger charge is 2.16. The van der Waals surface area contributed by atoms with Gasteiger partial charge in [0, 0.05) is 22.6 Å². The largest absolute Gasteiger partial charge is 0.308 e. The molecule has 0 aliphatic carbocycles. The van der Waals surface area contributed by atoms with E-state index < -0.39 is 0 Å². The summed E-state index contributed by atoms with van der Waals surface area (Å²) >= 11 is 1.72. The second-order valence-electron chi connectivity index (χ2n) is 7.58. The van der Waals surface area contributed by atoms with Crippen molar-refractivity contribution < 1.29 is 0 Å². The lowest BCUT2D eigenvalue weighted by Gasteiger charge is -2.11. The van der Waals surface area contributed by atoms with E-state index in [1.807, 2.05) is 25.1 Å². The first-order valence-electron chi connectivity index (χ1n) is 10.5. The molecule has 5 rings (SSSR count). The highest BCUT2D eigenvalue weighted by molar-refractivity contribution is 7.98. The Morgan fingerprint density at radius 1 is 1.00 bits per heavy atom. The molecule has 32 heavy (non-hydrogen) atoms. The van der Waals surface area contributed by atoms with Gasteiger partial charge >= 0.3 is 0 Å². The normalized spacial score (nSPS) is 11.3. The van der Waals surface area contributed by atoms with Gasteiger partial charge in [-0.05, 0) is 41.1 Å². The van der Waals surface area contributed by atoms with Gasteiger partial charge in [-0.15, -0.1) is 22.0 Å². The molecule has 8 heteroatoms. The third-order valence-electron chi connectivity index (χ3n) is 5.53. The lowest BCUT2D eigenvalue weighted by Crippen LogP contribution is -2.05. The summed E-state index contributed by atoms with van der Waals surface area (Å²) in [5, 5.41) is 14.5. The number of H-pyrrole nitrogens is 1. The van der Waals surface area contributed by atoms with Gasteiger partial charge in [-0.1, -0.05) is 55.5 Å². The van der Waals surface area contributed by atoms with Crippen molar-refractivity contribution in [2.24, 2.45) is 0 Å². The van der Waals surface area contributed by atoms with Crippen molar-refractivity contribution in [3.63, 3.8) is 0 Å². The van der Waals surface area contributed by atoms with E-state index in [1.54, 1.807) is 11.8 Å². The highest BCUT2D eigenvalue weighted by atomic mass is 32.2. The molecule has 0 bridgehead atoms. The summed E-state index contributed by atoms with van der Waals surface area (Å²) in [6.07, 6.45) is 2.95. The fraction of sp³-hybridized carbons (Fsp3) is 0.208. The van der Waals surface area contributed by atoms with E-state index in [2.05, 4.69) is 74.8 Å². The van der Waals surface area contributed by atoms with Crippen molar-refractivity contribution in [1.29, 1.82) is 0 Å². The van der Waals surface area contributed by atoms with Crippen LogP contribution in [0.1, 0.15) is 24.0 Å². The Labute approximate surface area is 190 Å². The van der Waals surface area contributed by atoms with Crippen molar-refractivity contribution in [1.82, 2.24) is 35.2 Å². The van der Waals surface area contributed by atoms with E-state index in [1.165, 1.54) is 10.5 Å². The van der Waals surface area contributed by atoms with Crippen LogP contribution in [0.2, 0.25) is 0 Å². The highest BCUT2D eigenvalue weighted by Crippen LogP contribution is 2.31. The summed E-state index contributed by atoms with van der Waals surface area (Å²) in [5.74, 6) is 1.65. The Kier molecular flexibility index (Phi) is 5.45. The smallest absolute Gasteiger partial charge is 0.205 e. The lowest BCUT2D eigenvalue weighted by molar-refractivity contribution is 0.745. The molecule has 160 valence electrons. The summed E-state index contributed by atoms with van der Waals surface area (Å²) in [4.78, 5) is 10.9. The number of hydrogen-bond donors (Lipinski definition) is 1. The molecule has 0 fully saturated rings. The van der Waals surface area contributed by atoms with Gasteiger partial charge in [0.15, 0.2) is 5.65 Å². The van der Waals surface area contributed by atoms with Crippen LogP contribution >= 0.6 is 11.8 Å². The second-order valence-corrected chi connectivity index (χ2v) is 8.43. The van der Waals surface area contributed by atoms with Gasteiger partial charge in [-0.25, -0.2) is 9.97 Å². The molecule has 0 amide bonds. The SMILES string of the molecule is CCc1nc2c(SC)cc(C)nc2n1Cc1ccc(-c2ccccc2-c2nn[nH]n2)cc1. The molecule has 0 unspecified atom stereocenters. The van der Waals surface area contributed by atoms with Crippen LogP contribution in [0.15, 0.2) is 59.5 Å². The van der Waals surface area contributed by atoms with E-state index in [0.29, 0.717) is 5.82 Å². The number of hydrogen-bond acceptors (Lipinski definition) is 6. The first-order valence-corrected chi connectivity index (χ1v) is 11.7. The molecule has 5 aromatic rings. The molecule has 0 saturated heterocycles. The van der Waals surface area contributed by atoms with Gasteiger partial charge < -0.3 is 4.57 Å². The Hall–Kier alpha value is -3.52. The number of thioether (sulfide) groups is 1. The molecule has 0 atom stereocenters.